The molecular weight excluding hydrogens is 263 g/mol. The van der Waals surface area contributed by atoms with Crippen LogP contribution < -0.4 is 0 Å². The minimum atomic E-state index is -0.0781. The summed E-state index contributed by atoms with van der Waals surface area (Å²) in [5, 5.41) is 2.96. The van der Waals surface area contributed by atoms with Crippen LogP contribution in [-0.4, -0.2) is 5.78 Å². The van der Waals surface area contributed by atoms with Gasteiger partial charge in [0.2, 0.25) is 5.78 Å². The summed E-state index contributed by atoms with van der Waals surface area (Å²) in [6, 6.07) is 6.87. The Balaban J connectivity index is 2.43. The van der Waals surface area contributed by atoms with Crippen molar-refractivity contribution in [3.8, 4) is 0 Å². The number of rotatable bonds is 2. The second-order valence-electron chi connectivity index (χ2n) is 3.40. The maximum atomic E-state index is 12.1. The highest BCUT2D eigenvalue weighted by Gasteiger charge is 2.16. The second-order valence-corrected chi connectivity index (χ2v) is 5.10. The van der Waals surface area contributed by atoms with Gasteiger partial charge in [0, 0.05) is 10.6 Å². The molecule has 0 spiro atoms. The summed E-state index contributed by atoms with van der Waals surface area (Å²) in [4.78, 5) is 12.7. The summed E-state index contributed by atoms with van der Waals surface area (Å²) in [5.74, 6) is -0.0781. The minimum absolute atomic E-state index is 0.0781. The Hall–Kier alpha value is -0.830. The Morgan fingerprint density at radius 1 is 1.31 bits per heavy atom. The molecule has 0 saturated heterocycles. The molecule has 0 aliphatic carbocycles. The van der Waals surface area contributed by atoms with Crippen molar-refractivity contribution in [1.29, 1.82) is 0 Å². The van der Waals surface area contributed by atoms with Crippen LogP contribution in [0.2, 0.25) is 10.0 Å². The van der Waals surface area contributed by atoms with Gasteiger partial charge < -0.3 is 0 Å². The van der Waals surface area contributed by atoms with Gasteiger partial charge in [-0.05, 0) is 30.0 Å². The van der Waals surface area contributed by atoms with Gasteiger partial charge in [0.25, 0.3) is 0 Å². The van der Waals surface area contributed by atoms with E-state index in [4.69, 9.17) is 23.2 Å². The van der Waals surface area contributed by atoms with Gasteiger partial charge in [0.15, 0.2) is 0 Å². The van der Waals surface area contributed by atoms with E-state index in [0.29, 0.717) is 20.5 Å². The number of aryl methyl sites for hydroxylation is 1. The van der Waals surface area contributed by atoms with Crippen molar-refractivity contribution in [2.24, 2.45) is 0 Å². The quantitative estimate of drug-likeness (QED) is 0.730. The zero-order valence-corrected chi connectivity index (χ0v) is 10.8. The van der Waals surface area contributed by atoms with E-state index < -0.39 is 0 Å². The molecule has 2 rings (SSSR count). The molecule has 1 heterocycles. The maximum Gasteiger partial charge on any atom is 0.204 e. The van der Waals surface area contributed by atoms with Crippen molar-refractivity contribution in [2.75, 3.05) is 0 Å². The van der Waals surface area contributed by atoms with Crippen molar-refractivity contribution >= 4 is 40.3 Å². The van der Waals surface area contributed by atoms with Crippen molar-refractivity contribution in [3.63, 3.8) is 0 Å². The molecule has 0 aliphatic heterocycles. The largest absolute Gasteiger partial charge is 0.288 e. The Labute approximate surface area is 108 Å². The summed E-state index contributed by atoms with van der Waals surface area (Å²) >= 11 is 13.2. The van der Waals surface area contributed by atoms with E-state index in [2.05, 4.69) is 0 Å². The number of ketones is 1. The third-order valence-electron chi connectivity index (χ3n) is 2.19. The summed E-state index contributed by atoms with van der Waals surface area (Å²) in [5.41, 5.74) is 1.49. The molecular formula is C12H8Cl2OS. The molecule has 1 aromatic heterocycles. The van der Waals surface area contributed by atoms with Crippen LogP contribution in [0, 0.1) is 6.92 Å². The molecule has 0 radical (unpaired) electrons. The van der Waals surface area contributed by atoms with Crippen LogP contribution in [0.25, 0.3) is 0 Å². The highest BCUT2D eigenvalue weighted by atomic mass is 35.5. The van der Waals surface area contributed by atoms with E-state index in [-0.39, 0.29) is 5.78 Å². The van der Waals surface area contributed by atoms with Crippen LogP contribution in [0.1, 0.15) is 20.8 Å². The molecule has 0 atom stereocenters. The standard InChI is InChI=1S/C12H8Cl2OS/c1-7-6-16-12(10(7)14)11(15)8-3-2-4-9(13)5-8/h2-6H,1H3. The number of carbonyl (C=O) groups is 1. The SMILES string of the molecule is Cc1csc(C(=O)c2cccc(Cl)c2)c1Cl. The van der Waals surface area contributed by atoms with Crippen LogP contribution in [-0.2, 0) is 0 Å². The predicted octanol–water partition coefficient (Wildman–Crippen LogP) is 4.59. The summed E-state index contributed by atoms with van der Waals surface area (Å²) in [6.45, 7) is 1.88. The van der Waals surface area contributed by atoms with Gasteiger partial charge in [-0.15, -0.1) is 11.3 Å². The molecule has 4 heteroatoms. The van der Waals surface area contributed by atoms with Gasteiger partial charge in [0.1, 0.15) is 0 Å². The molecule has 0 amide bonds. The lowest BCUT2D eigenvalue weighted by Gasteiger charge is -1.99. The molecule has 0 unspecified atom stereocenters. The molecule has 0 fully saturated rings. The Morgan fingerprint density at radius 2 is 2.06 bits per heavy atom. The molecule has 1 aromatic carbocycles. The molecule has 1 nitrogen and oxygen atoms in total. The second kappa shape index (κ2) is 4.58. The van der Waals surface area contributed by atoms with E-state index in [0.717, 1.165) is 5.56 Å². The Bertz CT molecular complexity index is 546. The number of benzene rings is 1. The summed E-state index contributed by atoms with van der Waals surface area (Å²) < 4.78 is 0. The van der Waals surface area contributed by atoms with Crippen molar-refractivity contribution in [1.82, 2.24) is 0 Å². The zero-order chi connectivity index (χ0) is 11.7. The van der Waals surface area contributed by atoms with E-state index in [1.165, 1.54) is 11.3 Å². The van der Waals surface area contributed by atoms with Gasteiger partial charge in [0.05, 0.1) is 9.90 Å². The van der Waals surface area contributed by atoms with E-state index in [1.807, 2.05) is 12.3 Å². The highest BCUT2D eigenvalue weighted by molar-refractivity contribution is 7.13. The van der Waals surface area contributed by atoms with Crippen LogP contribution in [0.4, 0.5) is 0 Å². The van der Waals surface area contributed by atoms with Gasteiger partial charge in [-0.1, -0.05) is 35.3 Å². The normalized spacial score (nSPS) is 10.4. The Morgan fingerprint density at radius 3 is 2.62 bits per heavy atom. The monoisotopic (exact) mass is 270 g/mol. The first kappa shape index (κ1) is 11.6. The van der Waals surface area contributed by atoms with Crippen LogP contribution >= 0.6 is 34.5 Å². The molecule has 2 aromatic rings. The van der Waals surface area contributed by atoms with Gasteiger partial charge in [-0.25, -0.2) is 0 Å². The molecule has 0 bridgehead atoms. The molecule has 0 saturated carbocycles. The first-order valence-electron chi connectivity index (χ1n) is 4.63. The average Bonchev–Trinajstić information content (AvgIpc) is 2.59. The number of thiophene rings is 1. The van der Waals surface area contributed by atoms with Crippen LogP contribution in [0.3, 0.4) is 0 Å². The number of carbonyl (C=O) groups excluding carboxylic acids is 1. The molecule has 0 aliphatic rings. The van der Waals surface area contributed by atoms with E-state index in [1.54, 1.807) is 24.3 Å². The average molecular weight is 271 g/mol. The van der Waals surface area contributed by atoms with Gasteiger partial charge in [-0.2, -0.15) is 0 Å². The van der Waals surface area contributed by atoms with Crippen LogP contribution in [0.15, 0.2) is 29.6 Å². The fraction of sp³-hybridized carbons (Fsp3) is 0.0833. The Kier molecular flexibility index (Phi) is 3.33. The smallest absolute Gasteiger partial charge is 0.204 e. The van der Waals surface area contributed by atoms with Crippen molar-refractivity contribution < 1.29 is 4.79 Å². The van der Waals surface area contributed by atoms with Crippen molar-refractivity contribution in [3.05, 3.63) is 55.7 Å². The third-order valence-corrected chi connectivity index (χ3v) is 4.12. The predicted molar refractivity (Wildman–Crippen MR) is 69.0 cm³/mol. The maximum absolute atomic E-state index is 12.1. The zero-order valence-electron chi connectivity index (χ0n) is 8.46. The number of halogens is 2. The first-order valence-corrected chi connectivity index (χ1v) is 6.27. The lowest BCUT2D eigenvalue weighted by Crippen LogP contribution is -1.99. The fourth-order valence-corrected chi connectivity index (χ4v) is 2.77. The fourth-order valence-electron chi connectivity index (χ4n) is 1.34. The number of hydrogen-bond donors (Lipinski definition) is 0. The highest BCUT2D eigenvalue weighted by Crippen LogP contribution is 2.29. The molecule has 16 heavy (non-hydrogen) atoms. The van der Waals surface area contributed by atoms with Gasteiger partial charge >= 0.3 is 0 Å². The number of hydrogen-bond acceptors (Lipinski definition) is 2. The molecule has 0 N–H and O–H groups in total. The minimum Gasteiger partial charge on any atom is -0.288 e. The first-order chi connectivity index (χ1) is 7.59. The van der Waals surface area contributed by atoms with Gasteiger partial charge in [-0.3, -0.25) is 4.79 Å². The lowest BCUT2D eigenvalue weighted by atomic mass is 10.1. The molecule has 82 valence electrons. The van der Waals surface area contributed by atoms with Crippen molar-refractivity contribution in [2.45, 2.75) is 6.92 Å². The third kappa shape index (κ3) is 2.14. The summed E-state index contributed by atoms with van der Waals surface area (Å²) in [6.07, 6.45) is 0. The van der Waals surface area contributed by atoms with Crippen LogP contribution in [0.5, 0.6) is 0 Å². The summed E-state index contributed by atoms with van der Waals surface area (Å²) in [7, 11) is 0. The topological polar surface area (TPSA) is 17.1 Å². The lowest BCUT2D eigenvalue weighted by molar-refractivity contribution is 0.104. The van der Waals surface area contributed by atoms with E-state index >= 15 is 0 Å². The van der Waals surface area contributed by atoms with E-state index in [9.17, 15) is 4.79 Å².